The van der Waals surface area contributed by atoms with Crippen LogP contribution in [0.15, 0.2) is 24.3 Å². The summed E-state index contributed by atoms with van der Waals surface area (Å²) in [6.45, 7) is 0.165. The van der Waals surface area contributed by atoms with Crippen LogP contribution in [-0.4, -0.2) is 4.92 Å². The normalized spacial score (nSPS) is 9.55. The number of nitro benzene ring substituents is 1. The first-order chi connectivity index (χ1) is 5.24. The quantitative estimate of drug-likeness (QED) is 0.473. The highest BCUT2D eigenvalue weighted by molar-refractivity contribution is 5.32. The second-order valence-electron chi connectivity index (χ2n) is 2.10. The number of rotatable bonds is 2. The zero-order chi connectivity index (χ0) is 8.27. The molecule has 1 aromatic carbocycles. The molecular formula is C7H7N2O2. The van der Waals surface area contributed by atoms with Gasteiger partial charge >= 0.3 is 0 Å². The van der Waals surface area contributed by atoms with E-state index in [4.69, 9.17) is 5.73 Å². The molecule has 1 radical (unpaired) electrons. The third-order valence-corrected chi connectivity index (χ3v) is 1.35. The Morgan fingerprint density at radius 2 is 1.91 bits per heavy atom. The van der Waals surface area contributed by atoms with E-state index in [1.165, 1.54) is 12.1 Å². The molecule has 0 atom stereocenters. The number of hydrogen-bond acceptors (Lipinski definition) is 2. The highest BCUT2D eigenvalue weighted by Gasteiger charge is 2.01. The number of nitro groups is 1. The minimum atomic E-state index is -0.451. The summed E-state index contributed by atoms with van der Waals surface area (Å²) in [4.78, 5) is 9.71. The SMILES string of the molecule is [NH]Cc1ccc([N+](=O)[O-])cc1. The molecule has 0 amide bonds. The van der Waals surface area contributed by atoms with Gasteiger partial charge in [-0.25, -0.2) is 0 Å². The van der Waals surface area contributed by atoms with Gasteiger partial charge in [0.05, 0.1) is 4.92 Å². The molecule has 0 aromatic heterocycles. The summed E-state index contributed by atoms with van der Waals surface area (Å²) in [6, 6.07) is 5.99. The van der Waals surface area contributed by atoms with Gasteiger partial charge in [0.2, 0.25) is 0 Å². The van der Waals surface area contributed by atoms with Crippen molar-refractivity contribution in [3.63, 3.8) is 0 Å². The van der Waals surface area contributed by atoms with Gasteiger partial charge in [-0.1, -0.05) is 12.1 Å². The lowest BCUT2D eigenvalue weighted by atomic mass is 10.2. The fourth-order valence-corrected chi connectivity index (χ4v) is 0.736. The summed E-state index contributed by atoms with van der Waals surface area (Å²) in [5.74, 6) is 0. The molecule has 1 aromatic rings. The molecule has 57 valence electrons. The molecule has 4 heteroatoms. The molecule has 0 aliphatic rings. The zero-order valence-electron chi connectivity index (χ0n) is 5.78. The van der Waals surface area contributed by atoms with Crippen molar-refractivity contribution in [1.29, 1.82) is 0 Å². The van der Waals surface area contributed by atoms with Gasteiger partial charge in [-0.05, 0) is 5.56 Å². The molecule has 0 fully saturated rings. The maximum atomic E-state index is 10.2. The Morgan fingerprint density at radius 3 is 2.27 bits per heavy atom. The van der Waals surface area contributed by atoms with E-state index in [0.717, 1.165) is 5.56 Å². The van der Waals surface area contributed by atoms with Gasteiger partial charge in [0.15, 0.2) is 0 Å². The minimum absolute atomic E-state index is 0.0715. The predicted molar refractivity (Wildman–Crippen MR) is 39.9 cm³/mol. The molecule has 11 heavy (non-hydrogen) atoms. The number of benzene rings is 1. The van der Waals surface area contributed by atoms with Crippen molar-refractivity contribution in [3.05, 3.63) is 39.9 Å². The van der Waals surface area contributed by atoms with Gasteiger partial charge in [-0.3, -0.25) is 15.8 Å². The van der Waals surface area contributed by atoms with Crippen LogP contribution in [0.5, 0.6) is 0 Å². The van der Waals surface area contributed by atoms with Crippen LogP contribution < -0.4 is 5.73 Å². The molecule has 0 spiro atoms. The third-order valence-electron chi connectivity index (χ3n) is 1.35. The second-order valence-corrected chi connectivity index (χ2v) is 2.10. The van der Waals surface area contributed by atoms with E-state index in [-0.39, 0.29) is 12.2 Å². The van der Waals surface area contributed by atoms with E-state index < -0.39 is 4.92 Å². The Labute approximate surface area is 63.8 Å². The average Bonchev–Trinajstić information content (AvgIpc) is 2.05. The number of non-ortho nitro benzene ring substituents is 1. The van der Waals surface area contributed by atoms with E-state index in [1.54, 1.807) is 12.1 Å². The maximum absolute atomic E-state index is 10.2. The molecule has 1 N–H and O–H groups in total. The average molecular weight is 151 g/mol. The molecule has 0 aliphatic carbocycles. The van der Waals surface area contributed by atoms with E-state index >= 15 is 0 Å². The number of nitrogens with zero attached hydrogens (tertiary/aromatic N) is 1. The summed E-state index contributed by atoms with van der Waals surface area (Å²) >= 11 is 0. The van der Waals surface area contributed by atoms with E-state index in [9.17, 15) is 10.1 Å². The van der Waals surface area contributed by atoms with Gasteiger partial charge in [0, 0.05) is 18.7 Å². The predicted octanol–water partition coefficient (Wildman–Crippen LogP) is 1.38. The molecule has 0 saturated heterocycles. The molecule has 0 unspecified atom stereocenters. The molecule has 1 rings (SSSR count). The zero-order valence-corrected chi connectivity index (χ0v) is 5.78. The van der Waals surface area contributed by atoms with Gasteiger partial charge in [0.1, 0.15) is 0 Å². The van der Waals surface area contributed by atoms with Crippen LogP contribution in [0.3, 0.4) is 0 Å². The van der Waals surface area contributed by atoms with Crippen molar-refractivity contribution < 1.29 is 4.92 Å². The molecule has 0 saturated carbocycles. The van der Waals surface area contributed by atoms with Gasteiger partial charge < -0.3 is 0 Å². The third kappa shape index (κ3) is 1.75. The topological polar surface area (TPSA) is 66.9 Å². The first-order valence-corrected chi connectivity index (χ1v) is 3.12. The Balaban J connectivity index is 2.91. The molecule has 0 bridgehead atoms. The van der Waals surface area contributed by atoms with Crippen LogP contribution in [0.4, 0.5) is 5.69 Å². The van der Waals surface area contributed by atoms with Crippen LogP contribution in [-0.2, 0) is 6.54 Å². The van der Waals surface area contributed by atoms with Gasteiger partial charge in [-0.2, -0.15) is 0 Å². The number of hydrogen-bond donors (Lipinski definition) is 0. The largest absolute Gasteiger partial charge is 0.269 e. The minimum Gasteiger partial charge on any atom is -0.258 e. The summed E-state index contributed by atoms with van der Waals surface area (Å²) in [5.41, 5.74) is 7.81. The molecule has 0 heterocycles. The maximum Gasteiger partial charge on any atom is 0.269 e. The molecular weight excluding hydrogens is 144 g/mol. The van der Waals surface area contributed by atoms with Crippen molar-refractivity contribution in [2.75, 3.05) is 0 Å². The van der Waals surface area contributed by atoms with Crippen molar-refractivity contribution >= 4 is 5.69 Å². The second kappa shape index (κ2) is 3.12. The van der Waals surface area contributed by atoms with Crippen LogP contribution in [0, 0.1) is 10.1 Å². The summed E-state index contributed by atoms with van der Waals surface area (Å²) in [7, 11) is 0. The summed E-state index contributed by atoms with van der Waals surface area (Å²) in [6.07, 6.45) is 0. The van der Waals surface area contributed by atoms with E-state index in [1.807, 2.05) is 0 Å². The van der Waals surface area contributed by atoms with Crippen molar-refractivity contribution in [3.8, 4) is 0 Å². The van der Waals surface area contributed by atoms with Gasteiger partial charge in [0.25, 0.3) is 5.69 Å². The monoisotopic (exact) mass is 151 g/mol. The Morgan fingerprint density at radius 1 is 1.36 bits per heavy atom. The fraction of sp³-hybridized carbons (Fsp3) is 0.143. The lowest BCUT2D eigenvalue weighted by Gasteiger charge is -1.93. The van der Waals surface area contributed by atoms with Crippen molar-refractivity contribution in [1.82, 2.24) is 5.73 Å². The highest BCUT2D eigenvalue weighted by Crippen LogP contribution is 2.11. The van der Waals surface area contributed by atoms with Crippen LogP contribution in [0.25, 0.3) is 0 Å². The molecule has 4 nitrogen and oxygen atoms in total. The Kier molecular flexibility index (Phi) is 2.18. The summed E-state index contributed by atoms with van der Waals surface area (Å²) in [5, 5.41) is 10.2. The van der Waals surface area contributed by atoms with Crippen molar-refractivity contribution in [2.45, 2.75) is 6.54 Å². The lowest BCUT2D eigenvalue weighted by molar-refractivity contribution is -0.384. The first kappa shape index (κ1) is 7.68. The van der Waals surface area contributed by atoms with E-state index in [0.29, 0.717) is 0 Å². The first-order valence-electron chi connectivity index (χ1n) is 3.12. The Hall–Kier alpha value is -1.42. The lowest BCUT2D eigenvalue weighted by Crippen LogP contribution is -1.89. The smallest absolute Gasteiger partial charge is 0.258 e. The van der Waals surface area contributed by atoms with Gasteiger partial charge in [-0.15, -0.1) is 0 Å². The standard InChI is InChI=1S/C7H7N2O2/c8-5-6-1-3-7(4-2-6)9(10)11/h1-4,8H,5H2. The fourth-order valence-electron chi connectivity index (χ4n) is 0.736. The van der Waals surface area contributed by atoms with Crippen LogP contribution >= 0.6 is 0 Å². The number of nitrogens with one attached hydrogen (secondary N) is 1. The highest BCUT2D eigenvalue weighted by atomic mass is 16.6. The Bertz CT molecular complexity index is 256. The van der Waals surface area contributed by atoms with Crippen LogP contribution in [0.2, 0.25) is 0 Å². The van der Waals surface area contributed by atoms with Crippen LogP contribution in [0.1, 0.15) is 5.56 Å². The van der Waals surface area contributed by atoms with E-state index in [2.05, 4.69) is 0 Å². The van der Waals surface area contributed by atoms with Crippen molar-refractivity contribution in [2.24, 2.45) is 0 Å². The molecule has 0 aliphatic heterocycles. The summed E-state index contributed by atoms with van der Waals surface area (Å²) < 4.78 is 0.